The van der Waals surface area contributed by atoms with Crippen LogP contribution in [0.5, 0.6) is 5.75 Å². The fourth-order valence-corrected chi connectivity index (χ4v) is 4.43. The highest BCUT2D eigenvalue weighted by Crippen LogP contribution is 2.43. The van der Waals surface area contributed by atoms with Gasteiger partial charge in [-0.15, -0.1) is 0 Å². The molecule has 1 aliphatic rings. The molecule has 1 aliphatic heterocycles. The summed E-state index contributed by atoms with van der Waals surface area (Å²) in [6.07, 6.45) is 0. The Bertz CT molecular complexity index is 1370. The summed E-state index contributed by atoms with van der Waals surface area (Å²) in [6, 6.07) is 18.0. The van der Waals surface area contributed by atoms with Crippen LogP contribution in [-0.4, -0.2) is 36.5 Å². The highest BCUT2D eigenvalue weighted by atomic mass is 16.5. The van der Waals surface area contributed by atoms with Gasteiger partial charge in [-0.3, -0.25) is 14.5 Å². The molecule has 4 rings (SSSR count). The molecule has 36 heavy (non-hydrogen) atoms. The van der Waals surface area contributed by atoms with Crippen molar-refractivity contribution in [3.8, 4) is 5.75 Å². The average molecular weight is 486 g/mol. The fourth-order valence-electron chi connectivity index (χ4n) is 4.43. The SMILES string of the molecule is CCOC(=O)c1ccc(N2C(=O)C(=O)/C(=C(/O)c3ccc(OC)cc3C)C2c2ccccc2C)cc1. The zero-order chi connectivity index (χ0) is 26.0. The molecular formula is C29H27NO6. The van der Waals surface area contributed by atoms with E-state index in [1.54, 1.807) is 63.4 Å². The largest absolute Gasteiger partial charge is 0.507 e. The minimum atomic E-state index is -0.860. The quantitative estimate of drug-likeness (QED) is 0.226. The maximum Gasteiger partial charge on any atom is 0.338 e. The van der Waals surface area contributed by atoms with E-state index in [9.17, 15) is 19.5 Å². The molecule has 1 saturated heterocycles. The first-order chi connectivity index (χ1) is 17.3. The van der Waals surface area contributed by atoms with Gasteiger partial charge in [0.2, 0.25) is 0 Å². The van der Waals surface area contributed by atoms with Crippen molar-refractivity contribution in [2.45, 2.75) is 26.8 Å². The number of benzene rings is 3. The third-order valence-corrected chi connectivity index (χ3v) is 6.27. The number of aryl methyl sites for hydroxylation is 2. The number of rotatable bonds is 6. The first-order valence-electron chi connectivity index (χ1n) is 11.6. The maximum atomic E-state index is 13.4. The molecule has 0 bridgehead atoms. The first kappa shape index (κ1) is 24.7. The lowest BCUT2D eigenvalue weighted by molar-refractivity contribution is -0.132. The lowest BCUT2D eigenvalue weighted by Crippen LogP contribution is -2.29. The standard InChI is InChI=1S/C29H27NO6/c1-5-36-29(34)19-10-12-20(13-11-19)30-25(22-9-7-6-8-17(22)2)24(27(32)28(30)33)26(31)23-15-14-21(35-4)16-18(23)3/h6-16,25,31H,5H2,1-4H3/b26-24+. The van der Waals surface area contributed by atoms with Crippen molar-refractivity contribution in [2.24, 2.45) is 0 Å². The lowest BCUT2D eigenvalue weighted by Gasteiger charge is -2.27. The minimum absolute atomic E-state index is 0.00274. The van der Waals surface area contributed by atoms with Crippen molar-refractivity contribution in [1.82, 2.24) is 0 Å². The molecule has 1 fully saturated rings. The second-order valence-corrected chi connectivity index (χ2v) is 8.47. The van der Waals surface area contributed by atoms with Gasteiger partial charge in [0.25, 0.3) is 11.7 Å². The van der Waals surface area contributed by atoms with E-state index in [-0.39, 0.29) is 17.9 Å². The van der Waals surface area contributed by atoms with E-state index < -0.39 is 23.7 Å². The summed E-state index contributed by atoms with van der Waals surface area (Å²) in [5.74, 6) is -1.67. The molecule has 3 aromatic rings. The predicted octanol–water partition coefficient (Wildman–Crippen LogP) is 5.12. The molecular weight excluding hydrogens is 458 g/mol. The Morgan fingerprint density at radius 3 is 2.28 bits per heavy atom. The summed E-state index contributed by atoms with van der Waals surface area (Å²) in [6.45, 7) is 5.65. The number of carbonyl (C=O) groups is 3. The number of nitrogens with zero attached hydrogens (tertiary/aromatic N) is 1. The number of anilines is 1. The van der Waals surface area contributed by atoms with E-state index in [0.29, 0.717) is 33.7 Å². The van der Waals surface area contributed by atoms with Gasteiger partial charge in [0.1, 0.15) is 11.5 Å². The zero-order valence-electron chi connectivity index (χ0n) is 20.6. The summed E-state index contributed by atoms with van der Waals surface area (Å²) in [4.78, 5) is 40.2. The van der Waals surface area contributed by atoms with Gasteiger partial charge < -0.3 is 14.6 Å². The first-order valence-corrected chi connectivity index (χ1v) is 11.6. The van der Waals surface area contributed by atoms with Crippen LogP contribution in [0.4, 0.5) is 5.69 Å². The molecule has 1 N–H and O–H groups in total. The highest BCUT2D eigenvalue weighted by Gasteiger charge is 2.47. The molecule has 0 aromatic heterocycles. The Morgan fingerprint density at radius 2 is 1.67 bits per heavy atom. The maximum absolute atomic E-state index is 13.4. The van der Waals surface area contributed by atoms with Crippen LogP contribution >= 0.6 is 0 Å². The van der Waals surface area contributed by atoms with E-state index in [1.165, 1.54) is 4.90 Å². The molecule has 184 valence electrons. The number of aliphatic hydroxyl groups excluding tert-OH is 1. The van der Waals surface area contributed by atoms with Crippen molar-refractivity contribution < 1.29 is 29.0 Å². The van der Waals surface area contributed by atoms with Crippen molar-refractivity contribution in [3.63, 3.8) is 0 Å². The van der Waals surface area contributed by atoms with Gasteiger partial charge >= 0.3 is 5.97 Å². The Kier molecular flexibility index (Phi) is 6.92. The summed E-state index contributed by atoms with van der Waals surface area (Å²) in [5.41, 5.74) is 3.44. The molecule has 0 spiro atoms. The van der Waals surface area contributed by atoms with E-state index in [1.807, 2.05) is 31.2 Å². The topological polar surface area (TPSA) is 93.1 Å². The Morgan fingerprint density at radius 1 is 0.972 bits per heavy atom. The van der Waals surface area contributed by atoms with Crippen LogP contribution in [-0.2, 0) is 14.3 Å². The van der Waals surface area contributed by atoms with Gasteiger partial charge in [-0.1, -0.05) is 24.3 Å². The number of hydrogen-bond acceptors (Lipinski definition) is 6. The van der Waals surface area contributed by atoms with E-state index in [2.05, 4.69) is 0 Å². The van der Waals surface area contributed by atoms with Crippen LogP contribution < -0.4 is 9.64 Å². The normalized spacial score (nSPS) is 16.8. The van der Waals surface area contributed by atoms with E-state index in [0.717, 1.165) is 5.56 Å². The van der Waals surface area contributed by atoms with Gasteiger partial charge in [0.15, 0.2) is 0 Å². The molecule has 0 radical (unpaired) electrons. The van der Waals surface area contributed by atoms with Crippen LogP contribution in [0.25, 0.3) is 5.76 Å². The van der Waals surface area contributed by atoms with Crippen molar-refractivity contribution in [3.05, 3.63) is 100 Å². The molecule has 7 heteroatoms. The number of methoxy groups -OCH3 is 1. The van der Waals surface area contributed by atoms with Gasteiger partial charge in [-0.25, -0.2) is 4.79 Å². The smallest absolute Gasteiger partial charge is 0.338 e. The van der Waals surface area contributed by atoms with Crippen molar-refractivity contribution in [2.75, 3.05) is 18.6 Å². The predicted molar refractivity (Wildman–Crippen MR) is 136 cm³/mol. The minimum Gasteiger partial charge on any atom is -0.507 e. The third kappa shape index (κ3) is 4.35. The van der Waals surface area contributed by atoms with Crippen molar-refractivity contribution >= 4 is 29.1 Å². The van der Waals surface area contributed by atoms with Gasteiger partial charge in [-0.2, -0.15) is 0 Å². The summed E-state index contributed by atoms with van der Waals surface area (Å²) in [7, 11) is 1.55. The van der Waals surface area contributed by atoms with E-state index >= 15 is 0 Å². The molecule has 1 amide bonds. The van der Waals surface area contributed by atoms with Crippen molar-refractivity contribution in [1.29, 1.82) is 0 Å². The molecule has 0 saturated carbocycles. The van der Waals surface area contributed by atoms with Crippen LogP contribution in [0.15, 0.2) is 72.3 Å². The molecule has 1 heterocycles. The van der Waals surface area contributed by atoms with Gasteiger partial charge in [-0.05, 0) is 79.9 Å². The molecule has 1 unspecified atom stereocenters. The molecule has 0 aliphatic carbocycles. The second kappa shape index (κ2) is 10.1. The number of amides is 1. The Labute approximate surface area is 209 Å². The molecule has 7 nitrogen and oxygen atoms in total. The number of esters is 1. The van der Waals surface area contributed by atoms with Gasteiger partial charge in [0.05, 0.1) is 30.9 Å². The Balaban J connectivity index is 1.89. The van der Waals surface area contributed by atoms with Crippen LogP contribution in [0.3, 0.4) is 0 Å². The van der Waals surface area contributed by atoms with Gasteiger partial charge in [0, 0.05) is 11.3 Å². The number of ketones is 1. The average Bonchev–Trinajstić information content (AvgIpc) is 3.14. The van der Waals surface area contributed by atoms with E-state index in [4.69, 9.17) is 9.47 Å². The highest BCUT2D eigenvalue weighted by molar-refractivity contribution is 6.51. The Hall–Kier alpha value is -4.39. The molecule has 3 aromatic carbocycles. The summed E-state index contributed by atoms with van der Waals surface area (Å²) >= 11 is 0. The number of carbonyl (C=O) groups excluding carboxylic acids is 3. The summed E-state index contributed by atoms with van der Waals surface area (Å²) < 4.78 is 10.3. The van der Waals surface area contributed by atoms with Crippen LogP contribution in [0, 0.1) is 13.8 Å². The van der Waals surface area contributed by atoms with Crippen LogP contribution in [0.2, 0.25) is 0 Å². The number of Topliss-reactive ketones (excluding diaryl/α,β-unsaturated/α-hetero) is 1. The zero-order valence-corrected chi connectivity index (χ0v) is 20.6. The number of ether oxygens (including phenoxy) is 2. The summed E-state index contributed by atoms with van der Waals surface area (Å²) in [5, 5.41) is 11.4. The van der Waals surface area contributed by atoms with Crippen LogP contribution in [0.1, 0.15) is 45.6 Å². The monoisotopic (exact) mass is 485 g/mol. The lowest BCUT2D eigenvalue weighted by atomic mass is 9.91. The number of aliphatic hydroxyl groups is 1. The molecule has 1 atom stereocenters. The number of hydrogen-bond donors (Lipinski definition) is 1. The second-order valence-electron chi connectivity index (χ2n) is 8.47. The fraction of sp³-hybridized carbons (Fsp3) is 0.207. The third-order valence-electron chi connectivity index (χ3n) is 6.27.